The van der Waals surface area contributed by atoms with Crippen molar-refractivity contribution in [1.82, 2.24) is 14.6 Å². The molecule has 0 aromatic carbocycles. The third kappa shape index (κ3) is 4.13. The van der Waals surface area contributed by atoms with Crippen molar-refractivity contribution in [3.05, 3.63) is 29.7 Å². The van der Waals surface area contributed by atoms with E-state index in [0.717, 1.165) is 42.6 Å². The van der Waals surface area contributed by atoms with E-state index in [4.69, 9.17) is 5.14 Å². The highest BCUT2D eigenvalue weighted by molar-refractivity contribution is 7.89. The van der Waals surface area contributed by atoms with Gasteiger partial charge in [-0.15, -0.1) is 0 Å². The molecule has 0 aliphatic heterocycles. The predicted molar refractivity (Wildman–Crippen MR) is 94.2 cm³/mol. The topological polar surface area (TPSA) is 90.3 Å². The molecule has 6 nitrogen and oxygen atoms in total. The van der Waals surface area contributed by atoms with E-state index in [0.29, 0.717) is 6.42 Å². The summed E-state index contributed by atoms with van der Waals surface area (Å²) in [5.74, 6) is 0.0833. The SMILES string of the molecule is Cc1cc2nccn2nc1CCC1(CCS(N)(=O)=O)CCCCC1. The van der Waals surface area contributed by atoms with Crippen LogP contribution in [0.15, 0.2) is 18.5 Å². The average Bonchev–Trinajstić information content (AvgIpc) is 2.98. The Morgan fingerprint density at radius 1 is 1.25 bits per heavy atom. The van der Waals surface area contributed by atoms with Gasteiger partial charge in [-0.25, -0.2) is 23.1 Å². The van der Waals surface area contributed by atoms with Crippen molar-refractivity contribution in [3.63, 3.8) is 0 Å². The lowest BCUT2D eigenvalue weighted by molar-refractivity contribution is 0.165. The molecule has 0 spiro atoms. The maximum absolute atomic E-state index is 11.4. The summed E-state index contributed by atoms with van der Waals surface area (Å²) in [6.07, 6.45) is 11.9. The van der Waals surface area contributed by atoms with Crippen molar-refractivity contribution in [3.8, 4) is 0 Å². The molecule has 1 aliphatic rings. The molecule has 2 aromatic rings. The summed E-state index contributed by atoms with van der Waals surface area (Å²) in [7, 11) is -3.40. The molecule has 2 aromatic heterocycles. The molecule has 0 radical (unpaired) electrons. The maximum Gasteiger partial charge on any atom is 0.209 e. The zero-order chi connectivity index (χ0) is 17.2. The molecule has 24 heavy (non-hydrogen) atoms. The van der Waals surface area contributed by atoms with Crippen LogP contribution in [0.3, 0.4) is 0 Å². The number of primary sulfonamides is 1. The molecule has 0 amide bonds. The first-order chi connectivity index (χ1) is 11.4. The summed E-state index contributed by atoms with van der Waals surface area (Å²) in [6, 6.07) is 2.06. The van der Waals surface area contributed by atoms with Crippen molar-refractivity contribution >= 4 is 15.7 Å². The molecular weight excluding hydrogens is 324 g/mol. The summed E-state index contributed by atoms with van der Waals surface area (Å²) in [6.45, 7) is 2.06. The molecule has 3 rings (SSSR count). The van der Waals surface area contributed by atoms with Crippen LogP contribution in [-0.4, -0.2) is 28.8 Å². The Morgan fingerprint density at radius 3 is 2.71 bits per heavy atom. The fourth-order valence-electron chi connectivity index (χ4n) is 3.90. The number of rotatable bonds is 6. The molecule has 1 aliphatic carbocycles. The molecule has 2 N–H and O–H groups in total. The lowest BCUT2D eigenvalue weighted by Gasteiger charge is -2.37. The van der Waals surface area contributed by atoms with Gasteiger partial charge < -0.3 is 0 Å². The molecule has 1 saturated carbocycles. The van der Waals surface area contributed by atoms with Crippen molar-refractivity contribution < 1.29 is 8.42 Å². The van der Waals surface area contributed by atoms with Gasteiger partial charge in [-0.05, 0) is 56.1 Å². The fourth-order valence-corrected chi connectivity index (χ4v) is 4.62. The zero-order valence-electron chi connectivity index (χ0n) is 14.2. The van der Waals surface area contributed by atoms with Crippen molar-refractivity contribution in [2.75, 3.05) is 5.75 Å². The van der Waals surface area contributed by atoms with Gasteiger partial charge in [-0.1, -0.05) is 19.3 Å². The Labute approximate surface area is 143 Å². The monoisotopic (exact) mass is 350 g/mol. The minimum absolute atomic E-state index is 0.0833. The van der Waals surface area contributed by atoms with Crippen molar-refractivity contribution in [2.45, 2.75) is 58.3 Å². The van der Waals surface area contributed by atoms with Gasteiger partial charge in [-0.2, -0.15) is 5.10 Å². The number of imidazole rings is 1. The van der Waals surface area contributed by atoms with Gasteiger partial charge in [0.15, 0.2) is 5.65 Å². The Hall–Kier alpha value is -1.47. The number of fused-ring (bicyclic) bond motifs is 1. The number of nitrogens with two attached hydrogens (primary N) is 1. The summed E-state index contributed by atoms with van der Waals surface area (Å²) >= 11 is 0. The molecule has 0 saturated heterocycles. The Kier molecular flexibility index (Phi) is 4.92. The Bertz CT molecular complexity index is 807. The van der Waals surface area contributed by atoms with E-state index in [1.165, 1.54) is 19.3 Å². The van der Waals surface area contributed by atoms with Crippen LogP contribution in [-0.2, 0) is 16.4 Å². The Balaban J connectivity index is 1.75. The van der Waals surface area contributed by atoms with Crippen LogP contribution in [0.4, 0.5) is 0 Å². The highest BCUT2D eigenvalue weighted by Gasteiger charge is 2.32. The largest absolute Gasteiger partial charge is 0.236 e. The summed E-state index contributed by atoms with van der Waals surface area (Å²) in [4.78, 5) is 4.26. The fraction of sp³-hybridized carbons (Fsp3) is 0.647. The average molecular weight is 350 g/mol. The van der Waals surface area contributed by atoms with E-state index in [1.54, 1.807) is 10.7 Å². The first-order valence-corrected chi connectivity index (χ1v) is 10.4. The van der Waals surface area contributed by atoms with E-state index in [-0.39, 0.29) is 11.2 Å². The third-order valence-electron chi connectivity index (χ3n) is 5.40. The van der Waals surface area contributed by atoms with E-state index >= 15 is 0 Å². The number of aromatic nitrogens is 3. The van der Waals surface area contributed by atoms with Crippen LogP contribution in [0.1, 0.15) is 56.2 Å². The Morgan fingerprint density at radius 2 is 2.00 bits per heavy atom. The number of sulfonamides is 1. The number of hydrogen-bond donors (Lipinski definition) is 1. The highest BCUT2D eigenvalue weighted by atomic mass is 32.2. The van der Waals surface area contributed by atoms with Crippen LogP contribution in [0, 0.1) is 12.3 Å². The normalized spacial score (nSPS) is 18.1. The van der Waals surface area contributed by atoms with Gasteiger partial charge in [0.05, 0.1) is 11.4 Å². The number of nitrogens with zero attached hydrogens (tertiary/aromatic N) is 3. The lowest BCUT2D eigenvalue weighted by atomic mass is 9.69. The van der Waals surface area contributed by atoms with Gasteiger partial charge in [0.1, 0.15) is 0 Å². The van der Waals surface area contributed by atoms with Gasteiger partial charge in [-0.3, -0.25) is 0 Å². The summed E-state index contributed by atoms with van der Waals surface area (Å²) < 4.78 is 24.6. The summed E-state index contributed by atoms with van der Waals surface area (Å²) in [5, 5.41) is 9.91. The smallest absolute Gasteiger partial charge is 0.209 e. The molecule has 0 unspecified atom stereocenters. The minimum atomic E-state index is -3.40. The second-order valence-corrected chi connectivity index (χ2v) is 8.92. The molecule has 2 heterocycles. The van der Waals surface area contributed by atoms with Crippen molar-refractivity contribution in [2.24, 2.45) is 10.6 Å². The quantitative estimate of drug-likeness (QED) is 0.867. The summed E-state index contributed by atoms with van der Waals surface area (Å²) in [5.41, 5.74) is 3.16. The second-order valence-electron chi connectivity index (χ2n) is 7.18. The molecular formula is C17H26N4O2S. The molecule has 1 fully saturated rings. The van der Waals surface area contributed by atoms with Crippen LogP contribution >= 0.6 is 0 Å². The molecule has 0 bridgehead atoms. The van der Waals surface area contributed by atoms with Crippen LogP contribution < -0.4 is 5.14 Å². The number of aryl methyl sites for hydroxylation is 2. The van der Waals surface area contributed by atoms with E-state index < -0.39 is 10.0 Å². The standard InChI is InChI=1S/C17H26N4O2S/c1-14-13-16-19-10-11-21(16)20-15(14)5-8-17(6-3-2-4-7-17)9-12-24(18,22)23/h10-11,13H,2-9,12H2,1H3,(H2,18,22,23). The molecule has 7 heteroatoms. The van der Waals surface area contributed by atoms with Gasteiger partial charge >= 0.3 is 0 Å². The van der Waals surface area contributed by atoms with E-state index in [2.05, 4.69) is 23.1 Å². The van der Waals surface area contributed by atoms with Crippen LogP contribution in [0.2, 0.25) is 0 Å². The van der Waals surface area contributed by atoms with Crippen molar-refractivity contribution in [1.29, 1.82) is 0 Å². The van der Waals surface area contributed by atoms with E-state index in [9.17, 15) is 8.42 Å². The van der Waals surface area contributed by atoms with Crippen LogP contribution in [0.5, 0.6) is 0 Å². The second kappa shape index (κ2) is 6.80. The number of hydrogen-bond acceptors (Lipinski definition) is 4. The molecule has 132 valence electrons. The maximum atomic E-state index is 11.4. The zero-order valence-corrected chi connectivity index (χ0v) is 15.1. The first-order valence-electron chi connectivity index (χ1n) is 8.67. The van der Waals surface area contributed by atoms with Gasteiger partial charge in [0.2, 0.25) is 10.0 Å². The van der Waals surface area contributed by atoms with Gasteiger partial charge in [0.25, 0.3) is 0 Å². The predicted octanol–water partition coefficient (Wildman–Crippen LogP) is 2.60. The minimum Gasteiger partial charge on any atom is -0.236 e. The van der Waals surface area contributed by atoms with Gasteiger partial charge in [0, 0.05) is 12.4 Å². The lowest BCUT2D eigenvalue weighted by Crippen LogP contribution is -2.30. The van der Waals surface area contributed by atoms with E-state index in [1.807, 2.05) is 6.20 Å². The highest BCUT2D eigenvalue weighted by Crippen LogP contribution is 2.43. The van der Waals surface area contributed by atoms with Crippen LogP contribution in [0.25, 0.3) is 5.65 Å². The first kappa shape index (κ1) is 17.4. The third-order valence-corrected chi connectivity index (χ3v) is 6.18. The molecule has 0 atom stereocenters.